The molecule has 4 nitrogen and oxygen atoms in total. The van der Waals surface area contributed by atoms with Gasteiger partial charge < -0.3 is 4.74 Å². The number of aromatic nitrogens is 2. The third-order valence-corrected chi connectivity index (χ3v) is 5.49. The Morgan fingerprint density at radius 3 is 2.65 bits per heavy atom. The molecule has 5 rings (SSSR count). The van der Waals surface area contributed by atoms with Crippen LogP contribution >= 0.6 is 0 Å². The van der Waals surface area contributed by atoms with Gasteiger partial charge in [-0.25, -0.2) is 9.51 Å². The quantitative estimate of drug-likeness (QED) is 0.669. The summed E-state index contributed by atoms with van der Waals surface area (Å²) in [6.45, 7) is 8.28. The van der Waals surface area contributed by atoms with E-state index in [-0.39, 0.29) is 0 Å². The van der Waals surface area contributed by atoms with E-state index < -0.39 is 5.72 Å². The molecule has 0 bridgehead atoms. The van der Waals surface area contributed by atoms with E-state index in [0.717, 1.165) is 33.8 Å². The van der Waals surface area contributed by atoms with Crippen LogP contribution in [0.3, 0.4) is 0 Å². The fourth-order valence-corrected chi connectivity index (χ4v) is 3.84. The minimum absolute atomic E-state index is 0.582. The van der Waals surface area contributed by atoms with Crippen molar-refractivity contribution in [2.45, 2.75) is 52.2 Å². The Kier molecular flexibility index (Phi) is 3.12. The molecular formula is C22H23N3O. The highest BCUT2D eigenvalue weighted by atomic mass is 16.5. The molecule has 0 spiro atoms. The first-order chi connectivity index (χ1) is 12.4. The fourth-order valence-electron chi connectivity index (χ4n) is 3.84. The van der Waals surface area contributed by atoms with E-state index in [9.17, 15) is 0 Å². The molecule has 2 aromatic heterocycles. The SMILES string of the molecule is Cc1ccc2c(C3=NC(C)(C)Oc4c3cccc4C3CC3)cnn2c1C. The molecular weight excluding hydrogens is 322 g/mol. The number of aliphatic imine (C=N–C) groups is 1. The van der Waals surface area contributed by atoms with Gasteiger partial charge in [0.1, 0.15) is 5.75 Å². The highest BCUT2D eigenvalue weighted by Crippen LogP contribution is 2.48. The number of hydrogen-bond donors (Lipinski definition) is 0. The normalized spacial score (nSPS) is 18.4. The predicted octanol–water partition coefficient (Wildman–Crippen LogP) is 4.79. The van der Waals surface area contributed by atoms with Gasteiger partial charge in [-0.05, 0) is 69.7 Å². The van der Waals surface area contributed by atoms with E-state index in [1.807, 2.05) is 24.6 Å². The van der Waals surface area contributed by atoms with Crippen molar-refractivity contribution in [3.05, 3.63) is 64.5 Å². The number of benzene rings is 1. The number of fused-ring (bicyclic) bond motifs is 2. The smallest absolute Gasteiger partial charge is 0.195 e. The Morgan fingerprint density at radius 2 is 1.88 bits per heavy atom. The maximum atomic E-state index is 6.32. The molecule has 0 radical (unpaired) electrons. The van der Waals surface area contributed by atoms with Crippen molar-refractivity contribution >= 4 is 11.2 Å². The van der Waals surface area contributed by atoms with Crippen LogP contribution < -0.4 is 4.74 Å². The number of hydrogen-bond acceptors (Lipinski definition) is 3. The van der Waals surface area contributed by atoms with E-state index in [1.54, 1.807) is 0 Å². The van der Waals surface area contributed by atoms with Crippen LogP contribution in [0.4, 0.5) is 0 Å². The highest BCUT2D eigenvalue weighted by Gasteiger charge is 2.35. The number of rotatable bonds is 2. The van der Waals surface area contributed by atoms with Gasteiger partial charge in [0.25, 0.3) is 0 Å². The van der Waals surface area contributed by atoms with Gasteiger partial charge >= 0.3 is 0 Å². The minimum Gasteiger partial charge on any atom is -0.466 e. The maximum Gasteiger partial charge on any atom is 0.195 e. The number of aryl methyl sites for hydroxylation is 2. The number of ether oxygens (including phenoxy) is 1. The van der Waals surface area contributed by atoms with Gasteiger partial charge in [0.15, 0.2) is 5.72 Å². The Bertz CT molecular complexity index is 1070. The first-order valence-corrected chi connectivity index (χ1v) is 9.31. The average Bonchev–Trinajstić information content (AvgIpc) is 3.35. The summed E-state index contributed by atoms with van der Waals surface area (Å²) in [6.07, 6.45) is 4.44. The summed E-state index contributed by atoms with van der Waals surface area (Å²) in [5.41, 5.74) is 7.36. The van der Waals surface area contributed by atoms with Crippen molar-refractivity contribution in [2.24, 2.45) is 4.99 Å². The molecule has 132 valence electrons. The molecule has 26 heavy (non-hydrogen) atoms. The lowest BCUT2D eigenvalue weighted by molar-refractivity contribution is 0.114. The van der Waals surface area contributed by atoms with Gasteiger partial charge in [0, 0.05) is 16.8 Å². The number of para-hydroxylation sites is 1. The van der Waals surface area contributed by atoms with Gasteiger partial charge in [0.05, 0.1) is 17.4 Å². The van der Waals surface area contributed by atoms with Crippen molar-refractivity contribution < 1.29 is 4.74 Å². The molecule has 0 amide bonds. The topological polar surface area (TPSA) is 38.9 Å². The molecule has 0 saturated heterocycles. The third-order valence-electron chi connectivity index (χ3n) is 5.49. The first-order valence-electron chi connectivity index (χ1n) is 9.31. The lowest BCUT2D eigenvalue weighted by atomic mass is 9.95. The summed E-state index contributed by atoms with van der Waals surface area (Å²) in [4.78, 5) is 4.96. The van der Waals surface area contributed by atoms with Gasteiger partial charge in [-0.1, -0.05) is 18.2 Å². The molecule has 0 atom stereocenters. The Morgan fingerprint density at radius 1 is 1.08 bits per heavy atom. The zero-order chi connectivity index (χ0) is 18.1. The summed E-state index contributed by atoms with van der Waals surface area (Å²) in [5.74, 6) is 1.64. The van der Waals surface area contributed by atoms with Gasteiger partial charge in [-0.2, -0.15) is 5.10 Å². The van der Waals surface area contributed by atoms with Crippen LogP contribution in [-0.2, 0) is 0 Å². The van der Waals surface area contributed by atoms with E-state index in [4.69, 9.17) is 9.73 Å². The van der Waals surface area contributed by atoms with E-state index >= 15 is 0 Å². The molecule has 3 heterocycles. The summed E-state index contributed by atoms with van der Waals surface area (Å²) < 4.78 is 8.33. The minimum atomic E-state index is -0.582. The van der Waals surface area contributed by atoms with Gasteiger partial charge in [0.2, 0.25) is 0 Å². The highest BCUT2D eigenvalue weighted by molar-refractivity contribution is 6.18. The zero-order valence-corrected chi connectivity index (χ0v) is 15.7. The lowest BCUT2D eigenvalue weighted by Crippen LogP contribution is -2.33. The second-order valence-electron chi connectivity index (χ2n) is 7.96. The van der Waals surface area contributed by atoms with Crippen LogP contribution in [0.1, 0.15) is 60.6 Å². The van der Waals surface area contributed by atoms with Crippen LogP contribution in [-0.4, -0.2) is 21.1 Å². The van der Waals surface area contributed by atoms with Crippen molar-refractivity contribution in [3.8, 4) is 5.75 Å². The second kappa shape index (κ2) is 5.19. The van der Waals surface area contributed by atoms with Crippen LogP contribution in [0, 0.1) is 13.8 Å². The lowest BCUT2D eigenvalue weighted by Gasteiger charge is -2.31. The average molecular weight is 345 g/mol. The first kappa shape index (κ1) is 15.6. The Labute approximate surface area is 153 Å². The van der Waals surface area contributed by atoms with Crippen molar-refractivity contribution in [1.29, 1.82) is 0 Å². The molecule has 3 aromatic rings. The van der Waals surface area contributed by atoms with E-state index in [0.29, 0.717) is 5.92 Å². The Balaban J connectivity index is 1.76. The molecule has 1 aliphatic carbocycles. The standard InChI is InChI=1S/C22H23N3O/c1-13-8-11-19-18(12-23-25(19)14(13)2)20-17-7-5-6-16(15-9-10-15)21(17)26-22(3,4)24-20/h5-8,11-12,15H,9-10H2,1-4H3. The molecule has 1 aliphatic heterocycles. The molecule has 1 aromatic carbocycles. The van der Waals surface area contributed by atoms with Crippen LogP contribution in [0.5, 0.6) is 5.75 Å². The summed E-state index contributed by atoms with van der Waals surface area (Å²) in [6, 6.07) is 10.8. The molecule has 2 aliphatic rings. The van der Waals surface area contributed by atoms with E-state index in [1.165, 1.54) is 24.0 Å². The van der Waals surface area contributed by atoms with Gasteiger partial charge in [-0.3, -0.25) is 0 Å². The van der Waals surface area contributed by atoms with Crippen LogP contribution in [0.2, 0.25) is 0 Å². The third kappa shape index (κ3) is 2.28. The molecule has 1 saturated carbocycles. The predicted molar refractivity (Wildman–Crippen MR) is 103 cm³/mol. The molecule has 0 unspecified atom stereocenters. The fraction of sp³-hybridized carbons (Fsp3) is 0.364. The van der Waals surface area contributed by atoms with Crippen LogP contribution in [0.25, 0.3) is 5.52 Å². The summed E-state index contributed by atoms with van der Waals surface area (Å²) in [7, 11) is 0. The molecule has 4 heteroatoms. The largest absolute Gasteiger partial charge is 0.466 e. The van der Waals surface area contributed by atoms with Crippen LogP contribution in [0.15, 0.2) is 41.5 Å². The molecule has 0 N–H and O–H groups in total. The number of nitrogens with zero attached hydrogens (tertiary/aromatic N) is 3. The van der Waals surface area contributed by atoms with Crippen molar-refractivity contribution in [3.63, 3.8) is 0 Å². The summed E-state index contributed by atoms with van der Waals surface area (Å²) >= 11 is 0. The molecule has 1 fully saturated rings. The monoisotopic (exact) mass is 345 g/mol. The van der Waals surface area contributed by atoms with Gasteiger partial charge in [-0.15, -0.1) is 0 Å². The van der Waals surface area contributed by atoms with Crippen molar-refractivity contribution in [2.75, 3.05) is 0 Å². The Hall–Kier alpha value is -2.62. The second-order valence-corrected chi connectivity index (χ2v) is 7.96. The number of pyridine rings is 1. The zero-order valence-electron chi connectivity index (χ0n) is 15.7. The van der Waals surface area contributed by atoms with Crippen molar-refractivity contribution in [1.82, 2.24) is 9.61 Å². The van der Waals surface area contributed by atoms with E-state index in [2.05, 4.69) is 49.3 Å². The summed E-state index contributed by atoms with van der Waals surface area (Å²) in [5, 5.41) is 4.64. The maximum absolute atomic E-state index is 6.32.